The zero-order chi connectivity index (χ0) is 27.3. The predicted molar refractivity (Wildman–Crippen MR) is 146 cm³/mol. The van der Waals surface area contributed by atoms with Gasteiger partial charge in [0.25, 0.3) is 32.1 Å². The number of anilines is 3. The number of nitrogens with one attached hydrogen (secondary N) is 2. The summed E-state index contributed by atoms with van der Waals surface area (Å²) in [5.74, 6) is -1.04. The summed E-state index contributed by atoms with van der Waals surface area (Å²) in [6.45, 7) is 0. The number of aromatic nitrogens is 2. The van der Waals surface area contributed by atoms with Gasteiger partial charge < -0.3 is 25.5 Å². The summed E-state index contributed by atoms with van der Waals surface area (Å²) in [6, 6.07) is 8.51. The number of nitrogens with two attached hydrogens (primary N) is 1. The Morgan fingerprint density at radius 2 is 1.33 bits per heavy atom. The van der Waals surface area contributed by atoms with E-state index < -0.39 is 41.8 Å². The maximum Gasteiger partial charge on any atom is 0.295 e. The van der Waals surface area contributed by atoms with Crippen molar-refractivity contribution in [1.82, 2.24) is 9.13 Å². The van der Waals surface area contributed by atoms with Gasteiger partial charge in [-0.1, -0.05) is 6.07 Å². The molecule has 0 bridgehead atoms. The fourth-order valence-electron chi connectivity index (χ4n) is 3.80. The van der Waals surface area contributed by atoms with Gasteiger partial charge in [0.15, 0.2) is 0 Å². The number of carbonyl (C=O) groups excluding carboxylic acids is 2. The molecule has 0 fully saturated rings. The normalized spacial score (nSPS) is 11.4. The summed E-state index contributed by atoms with van der Waals surface area (Å²) >= 11 is 0. The minimum Gasteiger partial charge on any atom is -0.397 e. The first-order valence-electron chi connectivity index (χ1n) is 10.4. The molecule has 17 heteroatoms. The van der Waals surface area contributed by atoms with Crippen LogP contribution in [-0.4, -0.2) is 150 Å². The average molecular weight is 626 g/mol. The largest absolute Gasteiger partial charge is 0.397 e. The van der Waals surface area contributed by atoms with Crippen molar-refractivity contribution in [3.8, 4) is 0 Å². The molecule has 4 aromatic rings. The summed E-state index contributed by atoms with van der Waals surface area (Å²) in [5, 5.41) is 5.25. The molecule has 0 spiro atoms. The molecule has 2 amide bonds. The fraction of sp³-hybridized carbons (Fsp3) is 0.0909. The van der Waals surface area contributed by atoms with E-state index in [0.29, 0.717) is 23.1 Å². The van der Waals surface area contributed by atoms with Gasteiger partial charge in [0.05, 0.1) is 16.3 Å². The molecule has 6 N–H and O–H groups in total. The van der Waals surface area contributed by atoms with Gasteiger partial charge >= 0.3 is 0 Å². The molecule has 0 aliphatic heterocycles. The van der Waals surface area contributed by atoms with Crippen LogP contribution < -0.4 is 16.4 Å². The molecule has 39 heavy (non-hydrogen) atoms. The third-order valence-electron chi connectivity index (χ3n) is 5.48. The molecule has 196 valence electrons. The van der Waals surface area contributed by atoms with E-state index in [2.05, 4.69) is 10.6 Å². The molecule has 2 radical (unpaired) electrons. The number of benzene rings is 2. The van der Waals surface area contributed by atoms with E-state index >= 15 is 0 Å². The molecule has 0 aliphatic carbocycles. The molecular weight excluding hydrogens is 605 g/mol. The molecule has 13 nitrogen and oxygen atoms in total. The van der Waals surface area contributed by atoms with Crippen LogP contribution in [0.4, 0.5) is 17.1 Å². The van der Waals surface area contributed by atoms with E-state index in [1.54, 1.807) is 24.9 Å². The minimum absolute atomic E-state index is 0. The van der Waals surface area contributed by atoms with Gasteiger partial charge in [-0.2, -0.15) is 16.8 Å². The second-order valence-corrected chi connectivity index (χ2v) is 11.0. The van der Waals surface area contributed by atoms with Crippen molar-refractivity contribution >= 4 is 163 Å². The Morgan fingerprint density at radius 3 is 1.87 bits per heavy atom. The van der Waals surface area contributed by atoms with Gasteiger partial charge in [-0.3, -0.25) is 18.7 Å². The minimum atomic E-state index is -4.89. The van der Waals surface area contributed by atoms with Crippen molar-refractivity contribution in [2.75, 3.05) is 16.4 Å². The number of nitrogen functional groups attached to an aromatic ring is 1. The maximum atomic E-state index is 12.9. The average Bonchev–Trinajstić information content (AvgIpc) is 3.32. The second-order valence-electron chi connectivity index (χ2n) is 8.21. The van der Waals surface area contributed by atoms with Crippen molar-refractivity contribution in [3.63, 3.8) is 0 Å². The van der Waals surface area contributed by atoms with Crippen LogP contribution in [0, 0.1) is 0 Å². The molecule has 2 aromatic heterocycles. The quantitative estimate of drug-likeness (QED) is 0.155. The third-order valence-corrected chi connectivity index (χ3v) is 7.20. The van der Waals surface area contributed by atoms with Crippen molar-refractivity contribution in [3.05, 3.63) is 66.2 Å². The maximum absolute atomic E-state index is 12.9. The van der Waals surface area contributed by atoms with Gasteiger partial charge in [0.1, 0.15) is 16.3 Å². The van der Waals surface area contributed by atoms with Crippen molar-refractivity contribution < 1.29 is 35.5 Å². The fourth-order valence-corrected chi connectivity index (χ4v) is 5.15. The van der Waals surface area contributed by atoms with Gasteiger partial charge in [-0.25, -0.2) is 0 Å². The van der Waals surface area contributed by atoms with Gasteiger partial charge in [-0.05, 0) is 41.8 Å². The summed E-state index contributed by atoms with van der Waals surface area (Å²) in [7, 11) is -6.40. The molecule has 0 atom stereocenters. The smallest absolute Gasteiger partial charge is 0.295 e. The summed E-state index contributed by atoms with van der Waals surface area (Å²) in [5.41, 5.74) is 7.06. The Kier molecular flexibility index (Phi) is 11.4. The second kappa shape index (κ2) is 12.9. The van der Waals surface area contributed by atoms with Gasteiger partial charge in [0.2, 0.25) is 0 Å². The van der Waals surface area contributed by atoms with Crippen molar-refractivity contribution in [2.45, 2.75) is 9.79 Å². The molecule has 2 aromatic carbocycles. The van der Waals surface area contributed by atoms with E-state index in [-0.39, 0.29) is 125 Å². The van der Waals surface area contributed by atoms with Gasteiger partial charge in [-0.15, -0.1) is 0 Å². The van der Waals surface area contributed by atoms with Crippen LogP contribution in [0.1, 0.15) is 21.0 Å². The van der Waals surface area contributed by atoms with Crippen molar-refractivity contribution in [1.29, 1.82) is 0 Å². The van der Waals surface area contributed by atoms with Crippen LogP contribution in [0.25, 0.3) is 10.8 Å². The van der Waals surface area contributed by atoms with Crippen LogP contribution in [0.15, 0.2) is 64.6 Å². The zero-order valence-electron chi connectivity index (χ0n) is 21.3. The monoisotopic (exact) mass is 625 g/mol. The number of rotatable bonds is 6. The SMILES string of the molecule is Cn1cc(N)cc1C(=O)Nc1cc(C(=O)Nc2ccc3cc(S(=O)(=O)O)cc(S(=O)(=O)O)c3c2)n(C)c1.[K].[K]. The summed E-state index contributed by atoms with van der Waals surface area (Å²) < 4.78 is 68.7. The Morgan fingerprint density at radius 1 is 0.769 bits per heavy atom. The van der Waals surface area contributed by atoms with E-state index in [1.165, 1.54) is 41.1 Å². The summed E-state index contributed by atoms with van der Waals surface area (Å²) in [6.07, 6.45) is 3.10. The number of hydrogen-bond acceptors (Lipinski definition) is 7. The zero-order valence-corrected chi connectivity index (χ0v) is 29.2. The number of nitrogens with zero attached hydrogens (tertiary/aromatic N) is 2. The first-order valence-corrected chi connectivity index (χ1v) is 13.2. The van der Waals surface area contributed by atoms with E-state index in [4.69, 9.17) is 5.73 Å². The topological polar surface area (TPSA) is 203 Å². The van der Waals surface area contributed by atoms with E-state index in [1.807, 2.05) is 0 Å². The molecule has 0 saturated heterocycles. The predicted octanol–water partition coefficient (Wildman–Crippen LogP) is 1.34. The molecule has 0 unspecified atom stereocenters. The van der Waals surface area contributed by atoms with E-state index in [0.717, 1.165) is 6.07 Å². The van der Waals surface area contributed by atoms with Crippen LogP contribution in [0.3, 0.4) is 0 Å². The summed E-state index contributed by atoms with van der Waals surface area (Å²) in [4.78, 5) is 24.0. The van der Waals surface area contributed by atoms with E-state index in [9.17, 15) is 35.5 Å². The number of fused-ring (bicyclic) bond motifs is 1. The molecule has 4 rings (SSSR count). The molecular formula is C22H21K2N5O8S2. The van der Waals surface area contributed by atoms with Gasteiger partial charge in [0, 0.05) is 140 Å². The Hall–Kier alpha value is -0.907. The molecule has 0 aliphatic rings. The van der Waals surface area contributed by atoms with Crippen LogP contribution in [0.2, 0.25) is 0 Å². The first-order chi connectivity index (χ1) is 17.1. The number of carbonyl (C=O) groups is 2. The van der Waals surface area contributed by atoms with Crippen LogP contribution in [-0.2, 0) is 34.3 Å². The first kappa shape index (κ1) is 34.3. The van der Waals surface area contributed by atoms with Crippen molar-refractivity contribution in [2.24, 2.45) is 14.1 Å². The van der Waals surface area contributed by atoms with Crippen LogP contribution in [0.5, 0.6) is 0 Å². The number of aryl methyl sites for hydroxylation is 2. The molecule has 2 heterocycles. The Balaban J connectivity index is 0.00000267. The Bertz CT molecular complexity index is 1820. The van der Waals surface area contributed by atoms with Crippen LogP contribution >= 0.6 is 0 Å². The molecule has 0 saturated carbocycles. The Labute approximate surface area is 308 Å². The number of hydrogen-bond donors (Lipinski definition) is 5. The third kappa shape index (κ3) is 7.89. The number of amides is 2. The standard InChI is InChI=1S/C22H21N5O8S2.2K/c1-26-10-13(23)6-18(26)21(28)25-15-8-19(27(2)11-15)22(29)24-14-4-3-12-5-16(36(30,31)32)9-20(17(12)7-14)37(33,34)35;;/h3-11H,23H2,1-2H3,(H,24,29)(H,25,28)(H,30,31,32)(H,33,34,35);;.